The smallest absolute Gasteiger partial charge is 0.314 e. The number of imidazole rings is 1. The van der Waals surface area contributed by atoms with Crippen molar-refractivity contribution in [2.75, 3.05) is 10.6 Å². The number of benzene rings is 2. The Hall–Kier alpha value is -3.15. The summed E-state index contributed by atoms with van der Waals surface area (Å²) in [6.45, 7) is 6.00. The standard InChI is InChI=1S/C19H20N4O2/c1-11(2)14-6-4-5-12(3)17(14)23-19(25)18(24)22-13-7-8-15-16(9-13)21-10-20-15/h4-11H,1-3H3,(H,20,21)(H,22,24)(H,23,25). The second-order valence-corrected chi connectivity index (χ2v) is 6.24. The minimum atomic E-state index is -0.711. The summed E-state index contributed by atoms with van der Waals surface area (Å²) in [5, 5.41) is 5.35. The topological polar surface area (TPSA) is 86.9 Å². The van der Waals surface area contributed by atoms with Gasteiger partial charge < -0.3 is 15.6 Å². The molecule has 0 saturated carbocycles. The third-order valence-corrected chi connectivity index (χ3v) is 4.05. The lowest BCUT2D eigenvalue weighted by molar-refractivity contribution is -0.133. The van der Waals surface area contributed by atoms with Crippen molar-refractivity contribution < 1.29 is 9.59 Å². The number of amides is 2. The number of nitrogens with one attached hydrogen (secondary N) is 3. The summed E-state index contributed by atoms with van der Waals surface area (Å²) in [6, 6.07) is 11.0. The second kappa shape index (κ2) is 6.76. The number of nitrogens with zero attached hydrogens (tertiary/aromatic N) is 1. The normalized spacial score (nSPS) is 10.9. The Morgan fingerprint density at radius 1 is 1.08 bits per heavy atom. The van der Waals surface area contributed by atoms with E-state index < -0.39 is 11.8 Å². The zero-order valence-electron chi connectivity index (χ0n) is 14.4. The molecule has 128 valence electrons. The molecular formula is C19H20N4O2. The van der Waals surface area contributed by atoms with E-state index in [9.17, 15) is 9.59 Å². The largest absolute Gasteiger partial charge is 0.345 e. The quantitative estimate of drug-likeness (QED) is 0.639. The van der Waals surface area contributed by atoms with Crippen LogP contribution in [0.4, 0.5) is 11.4 Å². The number of H-pyrrole nitrogens is 1. The number of rotatable bonds is 3. The Kier molecular flexibility index (Phi) is 4.52. The molecule has 0 aliphatic carbocycles. The van der Waals surface area contributed by atoms with Gasteiger partial charge in [0, 0.05) is 11.4 Å². The van der Waals surface area contributed by atoms with Crippen LogP contribution in [0.5, 0.6) is 0 Å². The maximum atomic E-state index is 12.3. The molecule has 0 aliphatic heterocycles. The maximum absolute atomic E-state index is 12.3. The molecule has 2 amide bonds. The molecule has 25 heavy (non-hydrogen) atoms. The minimum absolute atomic E-state index is 0.237. The first-order valence-corrected chi connectivity index (χ1v) is 8.10. The van der Waals surface area contributed by atoms with E-state index in [0.717, 1.165) is 22.2 Å². The number of hydrogen-bond donors (Lipinski definition) is 3. The summed E-state index contributed by atoms with van der Waals surface area (Å²) in [5.74, 6) is -1.17. The molecule has 0 saturated heterocycles. The van der Waals surface area contributed by atoms with E-state index in [1.165, 1.54) is 0 Å². The lowest BCUT2D eigenvalue weighted by atomic mass is 9.98. The van der Waals surface area contributed by atoms with Gasteiger partial charge in [0.1, 0.15) is 0 Å². The molecule has 0 atom stereocenters. The highest BCUT2D eigenvalue weighted by atomic mass is 16.2. The number of aromatic amines is 1. The molecule has 3 aromatic rings. The molecule has 6 heteroatoms. The van der Waals surface area contributed by atoms with E-state index >= 15 is 0 Å². The predicted octanol–water partition coefficient (Wildman–Crippen LogP) is 3.57. The fourth-order valence-electron chi connectivity index (χ4n) is 2.71. The van der Waals surface area contributed by atoms with E-state index in [2.05, 4.69) is 20.6 Å². The van der Waals surface area contributed by atoms with Crippen LogP contribution in [0.25, 0.3) is 11.0 Å². The van der Waals surface area contributed by atoms with Crippen LogP contribution >= 0.6 is 0 Å². The van der Waals surface area contributed by atoms with Gasteiger partial charge in [-0.15, -0.1) is 0 Å². The third kappa shape index (κ3) is 3.52. The Labute approximate surface area is 145 Å². The summed E-state index contributed by atoms with van der Waals surface area (Å²) in [4.78, 5) is 31.6. The van der Waals surface area contributed by atoms with Crippen molar-refractivity contribution in [1.82, 2.24) is 9.97 Å². The van der Waals surface area contributed by atoms with Gasteiger partial charge in [-0.25, -0.2) is 4.98 Å². The van der Waals surface area contributed by atoms with Crippen LogP contribution in [0.2, 0.25) is 0 Å². The van der Waals surface area contributed by atoms with Gasteiger partial charge in [0.2, 0.25) is 0 Å². The van der Waals surface area contributed by atoms with Gasteiger partial charge >= 0.3 is 11.8 Å². The molecule has 0 bridgehead atoms. The van der Waals surface area contributed by atoms with Crippen LogP contribution in [-0.2, 0) is 9.59 Å². The van der Waals surface area contributed by atoms with Crippen molar-refractivity contribution in [3.63, 3.8) is 0 Å². The molecule has 3 N–H and O–H groups in total. The minimum Gasteiger partial charge on any atom is -0.345 e. The molecular weight excluding hydrogens is 316 g/mol. The Morgan fingerprint density at radius 3 is 2.60 bits per heavy atom. The monoisotopic (exact) mass is 336 g/mol. The highest BCUT2D eigenvalue weighted by Crippen LogP contribution is 2.27. The van der Waals surface area contributed by atoms with E-state index in [1.54, 1.807) is 24.5 Å². The number of para-hydroxylation sites is 1. The van der Waals surface area contributed by atoms with Crippen molar-refractivity contribution in [2.24, 2.45) is 0 Å². The van der Waals surface area contributed by atoms with E-state index in [4.69, 9.17) is 0 Å². The summed E-state index contributed by atoms with van der Waals surface area (Å²) in [5.41, 5.74) is 4.74. The molecule has 0 radical (unpaired) electrons. The molecule has 2 aromatic carbocycles. The van der Waals surface area contributed by atoms with Gasteiger partial charge in [0.25, 0.3) is 0 Å². The van der Waals surface area contributed by atoms with Crippen molar-refractivity contribution in [3.05, 3.63) is 53.9 Å². The number of aromatic nitrogens is 2. The molecule has 1 aromatic heterocycles. The van der Waals surface area contributed by atoms with Gasteiger partial charge in [-0.1, -0.05) is 32.0 Å². The molecule has 3 rings (SSSR count). The summed E-state index contributed by atoms with van der Waals surface area (Å²) < 4.78 is 0. The van der Waals surface area contributed by atoms with Crippen LogP contribution in [0.15, 0.2) is 42.7 Å². The lowest BCUT2D eigenvalue weighted by Crippen LogP contribution is -2.29. The van der Waals surface area contributed by atoms with Crippen LogP contribution in [0.3, 0.4) is 0 Å². The van der Waals surface area contributed by atoms with Gasteiger partial charge in [0.15, 0.2) is 0 Å². The Bertz CT molecular complexity index is 944. The van der Waals surface area contributed by atoms with Gasteiger partial charge in [-0.05, 0) is 42.2 Å². The van der Waals surface area contributed by atoms with Crippen molar-refractivity contribution in [2.45, 2.75) is 26.7 Å². The summed E-state index contributed by atoms with van der Waals surface area (Å²) in [6.07, 6.45) is 1.58. The third-order valence-electron chi connectivity index (χ3n) is 4.05. The van der Waals surface area contributed by atoms with Crippen molar-refractivity contribution in [3.8, 4) is 0 Å². The van der Waals surface area contributed by atoms with Crippen LogP contribution in [0, 0.1) is 6.92 Å². The van der Waals surface area contributed by atoms with E-state index in [1.807, 2.05) is 39.0 Å². The van der Waals surface area contributed by atoms with Crippen molar-refractivity contribution >= 4 is 34.2 Å². The molecule has 0 spiro atoms. The maximum Gasteiger partial charge on any atom is 0.314 e. The molecule has 0 aliphatic rings. The SMILES string of the molecule is Cc1cccc(C(C)C)c1NC(=O)C(=O)Nc1ccc2nc[nH]c2c1. The Morgan fingerprint density at radius 2 is 1.84 bits per heavy atom. The van der Waals surface area contributed by atoms with Crippen LogP contribution < -0.4 is 10.6 Å². The highest BCUT2D eigenvalue weighted by molar-refractivity contribution is 6.43. The number of anilines is 2. The first-order valence-electron chi connectivity index (χ1n) is 8.10. The average Bonchev–Trinajstić information content (AvgIpc) is 3.04. The summed E-state index contributed by atoms with van der Waals surface area (Å²) in [7, 11) is 0. The zero-order chi connectivity index (χ0) is 18.0. The van der Waals surface area contributed by atoms with Crippen LogP contribution in [-0.4, -0.2) is 21.8 Å². The van der Waals surface area contributed by atoms with Gasteiger partial charge in [-0.2, -0.15) is 0 Å². The van der Waals surface area contributed by atoms with Gasteiger partial charge in [-0.3, -0.25) is 9.59 Å². The number of carbonyl (C=O) groups is 2. The van der Waals surface area contributed by atoms with E-state index in [0.29, 0.717) is 11.4 Å². The molecule has 6 nitrogen and oxygen atoms in total. The zero-order valence-corrected chi connectivity index (χ0v) is 14.4. The Balaban J connectivity index is 1.76. The lowest BCUT2D eigenvalue weighted by Gasteiger charge is -2.16. The predicted molar refractivity (Wildman–Crippen MR) is 98.6 cm³/mol. The number of hydrogen-bond acceptors (Lipinski definition) is 3. The highest BCUT2D eigenvalue weighted by Gasteiger charge is 2.18. The van der Waals surface area contributed by atoms with Crippen LogP contribution in [0.1, 0.15) is 30.9 Å². The first kappa shape index (κ1) is 16.7. The number of aryl methyl sites for hydroxylation is 1. The molecule has 1 heterocycles. The van der Waals surface area contributed by atoms with Gasteiger partial charge in [0.05, 0.1) is 17.4 Å². The van der Waals surface area contributed by atoms with Crippen molar-refractivity contribution in [1.29, 1.82) is 0 Å². The molecule has 0 fully saturated rings. The molecule has 0 unspecified atom stereocenters. The fourth-order valence-corrected chi connectivity index (χ4v) is 2.71. The second-order valence-electron chi connectivity index (χ2n) is 6.24. The number of carbonyl (C=O) groups excluding carboxylic acids is 2. The first-order chi connectivity index (χ1) is 12.0. The average molecular weight is 336 g/mol. The number of fused-ring (bicyclic) bond motifs is 1. The van der Waals surface area contributed by atoms with E-state index in [-0.39, 0.29) is 5.92 Å². The fraction of sp³-hybridized carbons (Fsp3) is 0.211. The summed E-state index contributed by atoms with van der Waals surface area (Å²) >= 11 is 0.